The highest BCUT2D eigenvalue weighted by Crippen LogP contribution is 2.29. The third-order valence-corrected chi connectivity index (χ3v) is 2.39. The zero-order valence-corrected chi connectivity index (χ0v) is 7.70. The normalized spacial score (nSPS) is 9.90. The number of phenols is 1. The number of hydrogen-bond donors (Lipinski definition) is 1. The maximum atomic E-state index is 9.06. The quantitative estimate of drug-likeness (QED) is 0.714. The second-order valence-corrected chi connectivity index (χ2v) is 3.31. The van der Waals surface area contributed by atoms with Crippen LogP contribution in [0, 0.1) is 6.92 Å². The van der Waals surface area contributed by atoms with Crippen LogP contribution in [0.2, 0.25) is 5.02 Å². The van der Waals surface area contributed by atoms with Crippen molar-refractivity contribution in [3.63, 3.8) is 0 Å². The molecule has 1 N–H and O–H groups in total. The number of benzene rings is 1. The van der Waals surface area contributed by atoms with E-state index in [9.17, 15) is 0 Å². The van der Waals surface area contributed by atoms with Crippen LogP contribution in [-0.4, -0.2) is 5.11 Å². The predicted octanol–water partition coefficient (Wildman–Crippen LogP) is 3.12. The van der Waals surface area contributed by atoms with Crippen molar-refractivity contribution in [2.45, 2.75) is 6.92 Å². The average molecular weight is 221 g/mol. The molecule has 0 atom stereocenters. The molecule has 0 heterocycles. The van der Waals surface area contributed by atoms with E-state index in [0.29, 0.717) is 5.02 Å². The van der Waals surface area contributed by atoms with E-state index in [4.69, 9.17) is 16.7 Å². The number of hydrogen-bond acceptors (Lipinski definition) is 1. The van der Waals surface area contributed by atoms with Crippen LogP contribution in [-0.2, 0) is 0 Å². The van der Waals surface area contributed by atoms with Gasteiger partial charge in [0.15, 0.2) is 0 Å². The number of rotatable bonds is 0. The fraction of sp³-hybridized carbons (Fsp3) is 0.143. The summed E-state index contributed by atoms with van der Waals surface area (Å²) in [6.07, 6.45) is 0. The van der Waals surface area contributed by atoms with Gasteiger partial charge in [-0.05, 0) is 24.6 Å². The topological polar surface area (TPSA) is 20.2 Å². The fourth-order valence-electron chi connectivity index (χ4n) is 0.636. The van der Waals surface area contributed by atoms with Crippen molar-refractivity contribution >= 4 is 27.5 Å². The van der Waals surface area contributed by atoms with Crippen molar-refractivity contribution in [3.8, 4) is 5.75 Å². The van der Waals surface area contributed by atoms with Crippen LogP contribution >= 0.6 is 27.5 Å². The van der Waals surface area contributed by atoms with E-state index in [1.54, 1.807) is 12.1 Å². The molecule has 0 bridgehead atoms. The molecule has 0 amide bonds. The van der Waals surface area contributed by atoms with E-state index in [0.717, 1.165) is 10.0 Å². The highest BCUT2D eigenvalue weighted by Gasteiger charge is 2.00. The molecular weight excluding hydrogens is 215 g/mol. The second kappa shape index (κ2) is 2.81. The molecule has 0 fully saturated rings. The molecule has 0 unspecified atom stereocenters. The molecule has 0 spiro atoms. The van der Waals surface area contributed by atoms with E-state index >= 15 is 0 Å². The predicted molar refractivity (Wildman–Crippen MR) is 45.6 cm³/mol. The molecule has 0 saturated carbocycles. The molecule has 10 heavy (non-hydrogen) atoms. The molecule has 1 aromatic rings. The molecule has 0 radical (unpaired) electrons. The SMILES string of the molecule is Cc1cc(Cl)c(O)cc1Br. The van der Waals surface area contributed by atoms with E-state index in [-0.39, 0.29) is 5.75 Å². The van der Waals surface area contributed by atoms with Gasteiger partial charge in [-0.3, -0.25) is 0 Å². The van der Waals surface area contributed by atoms with Gasteiger partial charge in [0.1, 0.15) is 5.75 Å². The molecule has 3 heteroatoms. The van der Waals surface area contributed by atoms with Crippen molar-refractivity contribution in [1.82, 2.24) is 0 Å². The summed E-state index contributed by atoms with van der Waals surface area (Å²) in [7, 11) is 0. The molecule has 54 valence electrons. The van der Waals surface area contributed by atoms with Gasteiger partial charge in [-0.2, -0.15) is 0 Å². The summed E-state index contributed by atoms with van der Waals surface area (Å²) in [5.41, 5.74) is 1.02. The molecule has 0 aliphatic rings. The number of aryl methyl sites for hydroxylation is 1. The fourth-order valence-corrected chi connectivity index (χ4v) is 1.19. The third kappa shape index (κ3) is 1.44. The Balaban J connectivity index is 3.28. The number of phenolic OH excluding ortho intramolecular Hbond substituents is 1. The Morgan fingerprint density at radius 2 is 2.10 bits per heavy atom. The zero-order chi connectivity index (χ0) is 7.72. The first kappa shape index (κ1) is 7.89. The van der Waals surface area contributed by atoms with Crippen molar-refractivity contribution in [2.24, 2.45) is 0 Å². The minimum absolute atomic E-state index is 0.110. The summed E-state index contributed by atoms with van der Waals surface area (Å²) in [6, 6.07) is 3.29. The Labute approximate surface area is 72.8 Å². The first-order chi connectivity index (χ1) is 4.61. The molecule has 0 aliphatic heterocycles. The monoisotopic (exact) mass is 220 g/mol. The van der Waals surface area contributed by atoms with Gasteiger partial charge < -0.3 is 5.11 Å². The van der Waals surface area contributed by atoms with Crippen LogP contribution in [0.15, 0.2) is 16.6 Å². The lowest BCUT2D eigenvalue weighted by Gasteiger charge is -1.99. The summed E-state index contributed by atoms with van der Waals surface area (Å²) in [4.78, 5) is 0. The Bertz CT molecular complexity index is 210. The number of aromatic hydroxyl groups is 1. The Kier molecular flexibility index (Phi) is 2.21. The zero-order valence-electron chi connectivity index (χ0n) is 5.36. The first-order valence-corrected chi connectivity index (χ1v) is 3.93. The van der Waals surface area contributed by atoms with Crippen LogP contribution in [0.4, 0.5) is 0 Å². The van der Waals surface area contributed by atoms with E-state index in [1.807, 2.05) is 6.92 Å². The first-order valence-electron chi connectivity index (χ1n) is 2.76. The van der Waals surface area contributed by atoms with E-state index < -0.39 is 0 Å². The van der Waals surface area contributed by atoms with E-state index in [2.05, 4.69) is 15.9 Å². The Hall–Kier alpha value is -0.210. The molecule has 0 aliphatic carbocycles. The van der Waals surface area contributed by atoms with Crippen molar-refractivity contribution in [2.75, 3.05) is 0 Å². The summed E-state index contributed by atoms with van der Waals surface area (Å²) in [5.74, 6) is 0.110. The van der Waals surface area contributed by atoms with Gasteiger partial charge in [-0.25, -0.2) is 0 Å². The standard InChI is InChI=1S/C7H6BrClO/c1-4-2-6(9)7(10)3-5(4)8/h2-3,10H,1H3. The van der Waals surface area contributed by atoms with Crippen molar-refractivity contribution < 1.29 is 5.11 Å². The summed E-state index contributed by atoms with van der Waals surface area (Å²) in [5, 5.41) is 9.45. The third-order valence-electron chi connectivity index (χ3n) is 1.23. The molecule has 1 rings (SSSR count). The van der Waals surface area contributed by atoms with Gasteiger partial charge in [-0.1, -0.05) is 27.5 Å². The number of halogens is 2. The van der Waals surface area contributed by atoms with Crippen LogP contribution in [0.1, 0.15) is 5.56 Å². The van der Waals surface area contributed by atoms with Crippen molar-refractivity contribution in [1.29, 1.82) is 0 Å². The van der Waals surface area contributed by atoms with Crippen LogP contribution in [0.5, 0.6) is 5.75 Å². The van der Waals surface area contributed by atoms with Crippen LogP contribution in [0.25, 0.3) is 0 Å². The smallest absolute Gasteiger partial charge is 0.135 e. The van der Waals surface area contributed by atoms with Gasteiger partial charge >= 0.3 is 0 Å². The van der Waals surface area contributed by atoms with E-state index in [1.165, 1.54) is 0 Å². The lowest BCUT2D eigenvalue weighted by molar-refractivity contribution is 0.475. The van der Waals surface area contributed by atoms with Crippen molar-refractivity contribution in [3.05, 3.63) is 27.2 Å². The molecule has 0 saturated heterocycles. The minimum Gasteiger partial charge on any atom is -0.506 e. The van der Waals surface area contributed by atoms with Gasteiger partial charge in [0.05, 0.1) is 5.02 Å². The maximum absolute atomic E-state index is 9.06. The largest absolute Gasteiger partial charge is 0.506 e. The lowest BCUT2D eigenvalue weighted by atomic mass is 10.2. The Morgan fingerprint density at radius 1 is 1.50 bits per heavy atom. The molecule has 0 aromatic heterocycles. The minimum atomic E-state index is 0.110. The molecule has 1 nitrogen and oxygen atoms in total. The van der Waals surface area contributed by atoms with Gasteiger partial charge in [-0.15, -0.1) is 0 Å². The van der Waals surface area contributed by atoms with Gasteiger partial charge in [0.2, 0.25) is 0 Å². The lowest BCUT2D eigenvalue weighted by Crippen LogP contribution is -1.75. The van der Waals surface area contributed by atoms with Crippen LogP contribution < -0.4 is 0 Å². The molecule has 1 aromatic carbocycles. The summed E-state index contributed by atoms with van der Waals surface area (Å²) < 4.78 is 0.870. The van der Waals surface area contributed by atoms with Gasteiger partial charge in [0, 0.05) is 4.47 Å². The highest BCUT2D eigenvalue weighted by molar-refractivity contribution is 9.10. The maximum Gasteiger partial charge on any atom is 0.135 e. The average Bonchev–Trinajstić information content (AvgIpc) is 1.84. The second-order valence-electron chi connectivity index (χ2n) is 2.05. The van der Waals surface area contributed by atoms with Crippen LogP contribution in [0.3, 0.4) is 0 Å². The Morgan fingerprint density at radius 3 is 2.60 bits per heavy atom. The molecular formula is C7H6BrClO. The summed E-state index contributed by atoms with van der Waals surface area (Å²) >= 11 is 8.88. The van der Waals surface area contributed by atoms with Gasteiger partial charge in [0.25, 0.3) is 0 Å². The summed E-state index contributed by atoms with van der Waals surface area (Å²) in [6.45, 7) is 1.91. The highest BCUT2D eigenvalue weighted by atomic mass is 79.9.